The van der Waals surface area contributed by atoms with Crippen LogP contribution in [0.3, 0.4) is 0 Å². The highest BCUT2D eigenvalue weighted by Gasteiger charge is 2.33. The summed E-state index contributed by atoms with van der Waals surface area (Å²) in [4.78, 5) is 2.54. The highest BCUT2D eigenvalue weighted by atomic mass is 16.5. The second kappa shape index (κ2) is 4.25. The van der Waals surface area contributed by atoms with Crippen LogP contribution in [-0.2, 0) is 4.74 Å². The Kier molecular flexibility index (Phi) is 3.01. The van der Waals surface area contributed by atoms with Crippen LogP contribution in [0.5, 0.6) is 0 Å². The van der Waals surface area contributed by atoms with E-state index < -0.39 is 0 Å². The van der Waals surface area contributed by atoms with E-state index in [2.05, 4.69) is 11.5 Å². The molecule has 2 aliphatic rings. The van der Waals surface area contributed by atoms with E-state index in [4.69, 9.17) is 4.74 Å². The van der Waals surface area contributed by atoms with E-state index in [1.54, 1.807) is 0 Å². The quantitative estimate of drug-likeness (QED) is 0.602. The first kappa shape index (κ1) is 9.22. The predicted octanol–water partition coefficient (Wildman–Crippen LogP) is 1.82. The molecule has 2 heteroatoms. The Bertz CT molecular complexity index is 181. The van der Waals surface area contributed by atoms with Crippen molar-refractivity contribution in [2.75, 3.05) is 19.7 Å². The zero-order valence-corrected chi connectivity index (χ0v) is 8.24. The van der Waals surface area contributed by atoms with Crippen LogP contribution in [0.25, 0.3) is 0 Å². The van der Waals surface area contributed by atoms with Crippen molar-refractivity contribution in [3.63, 3.8) is 0 Å². The number of rotatable bonds is 2. The third-order valence-electron chi connectivity index (χ3n) is 3.17. The molecule has 0 unspecified atom stereocenters. The fourth-order valence-corrected chi connectivity index (χ4v) is 2.58. The van der Waals surface area contributed by atoms with Crippen molar-refractivity contribution in [3.05, 3.63) is 12.7 Å². The van der Waals surface area contributed by atoms with Crippen LogP contribution in [0.15, 0.2) is 12.7 Å². The zero-order valence-electron chi connectivity index (χ0n) is 8.24. The molecule has 1 saturated carbocycles. The first-order chi connectivity index (χ1) is 6.42. The molecule has 0 N–H and O–H groups in total. The predicted molar refractivity (Wildman–Crippen MR) is 53.8 cm³/mol. The van der Waals surface area contributed by atoms with Gasteiger partial charge in [0.2, 0.25) is 0 Å². The van der Waals surface area contributed by atoms with Crippen LogP contribution in [0.2, 0.25) is 0 Å². The van der Waals surface area contributed by atoms with Crippen molar-refractivity contribution >= 4 is 0 Å². The molecule has 13 heavy (non-hydrogen) atoms. The van der Waals surface area contributed by atoms with Crippen molar-refractivity contribution in [1.82, 2.24) is 4.90 Å². The lowest BCUT2D eigenvalue weighted by molar-refractivity contribution is 0.0358. The molecular weight excluding hydrogens is 162 g/mol. The summed E-state index contributed by atoms with van der Waals surface area (Å²) in [5.74, 6) is 0. The van der Waals surface area contributed by atoms with Gasteiger partial charge in [0, 0.05) is 25.7 Å². The molecule has 0 aromatic rings. The minimum atomic E-state index is 0.516. The monoisotopic (exact) mass is 181 g/mol. The molecule has 1 heterocycles. The molecule has 74 valence electrons. The van der Waals surface area contributed by atoms with Gasteiger partial charge in [-0.3, -0.25) is 4.90 Å². The van der Waals surface area contributed by atoms with E-state index in [9.17, 15) is 0 Å². The minimum absolute atomic E-state index is 0.516. The number of ether oxygens (including phenoxy) is 1. The summed E-state index contributed by atoms with van der Waals surface area (Å²) in [5, 5.41) is 0. The van der Waals surface area contributed by atoms with Gasteiger partial charge in [0.15, 0.2) is 0 Å². The average molecular weight is 181 g/mol. The van der Waals surface area contributed by atoms with Crippen molar-refractivity contribution in [1.29, 1.82) is 0 Å². The molecule has 0 spiro atoms. The van der Waals surface area contributed by atoms with E-state index in [1.807, 2.05) is 6.08 Å². The summed E-state index contributed by atoms with van der Waals surface area (Å²) < 4.78 is 5.83. The van der Waals surface area contributed by atoms with Crippen LogP contribution in [0.1, 0.15) is 25.7 Å². The Hall–Kier alpha value is -0.340. The molecule has 2 atom stereocenters. The Morgan fingerprint density at radius 3 is 3.15 bits per heavy atom. The van der Waals surface area contributed by atoms with Crippen LogP contribution >= 0.6 is 0 Å². The number of nitrogens with zero attached hydrogens (tertiary/aromatic N) is 1. The summed E-state index contributed by atoms with van der Waals surface area (Å²) in [6.07, 6.45) is 7.63. The molecule has 0 radical (unpaired) electrons. The molecule has 0 bridgehead atoms. The van der Waals surface area contributed by atoms with Crippen LogP contribution in [0, 0.1) is 0 Å². The fourth-order valence-electron chi connectivity index (χ4n) is 2.58. The molecule has 2 rings (SSSR count). The Balaban J connectivity index is 2.01. The van der Waals surface area contributed by atoms with Crippen molar-refractivity contribution in [2.24, 2.45) is 0 Å². The van der Waals surface area contributed by atoms with Gasteiger partial charge in [-0.1, -0.05) is 6.08 Å². The van der Waals surface area contributed by atoms with Crippen LogP contribution in [0.4, 0.5) is 0 Å². The van der Waals surface area contributed by atoms with Crippen molar-refractivity contribution in [2.45, 2.75) is 37.8 Å². The third-order valence-corrected chi connectivity index (χ3v) is 3.17. The molecule has 0 aromatic heterocycles. The smallest absolute Gasteiger partial charge is 0.0730 e. The van der Waals surface area contributed by atoms with Gasteiger partial charge in [-0.2, -0.15) is 0 Å². The maximum absolute atomic E-state index is 5.83. The normalized spacial score (nSPS) is 35.4. The number of hydrogen-bond acceptors (Lipinski definition) is 2. The largest absolute Gasteiger partial charge is 0.377 e. The van der Waals surface area contributed by atoms with Gasteiger partial charge in [-0.25, -0.2) is 0 Å². The SMILES string of the molecule is C=CCN1CCCO[C@@H]2CCC[C@H]21. The average Bonchev–Trinajstić information content (AvgIpc) is 2.52. The molecule has 2 nitrogen and oxygen atoms in total. The van der Waals surface area contributed by atoms with Gasteiger partial charge >= 0.3 is 0 Å². The molecular formula is C11H19NO. The van der Waals surface area contributed by atoms with E-state index >= 15 is 0 Å². The molecule has 0 amide bonds. The number of fused-ring (bicyclic) bond motifs is 1. The first-order valence-electron chi connectivity index (χ1n) is 5.38. The zero-order chi connectivity index (χ0) is 9.10. The Morgan fingerprint density at radius 2 is 2.31 bits per heavy atom. The van der Waals surface area contributed by atoms with E-state index in [0.717, 1.165) is 13.2 Å². The van der Waals surface area contributed by atoms with E-state index in [-0.39, 0.29) is 0 Å². The first-order valence-corrected chi connectivity index (χ1v) is 5.38. The van der Waals surface area contributed by atoms with Crippen molar-refractivity contribution < 1.29 is 4.74 Å². The third kappa shape index (κ3) is 1.94. The summed E-state index contributed by atoms with van der Waals surface area (Å²) in [5.41, 5.74) is 0. The van der Waals surface area contributed by atoms with Gasteiger partial charge < -0.3 is 4.74 Å². The topological polar surface area (TPSA) is 12.5 Å². The van der Waals surface area contributed by atoms with Gasteiger partial charge in [0.05, 0.1) is 6.10 Å². The van der Waals surface area contributed by atoms with Gasteiger partial charge in [0.25, 0.3) is 0 Å². The lowest BCUT2D eigenvalue weighted by Crippen LogP contribution is -2.39. The molecule has 1 saturated heterocycles. The van der Waals surface area contributed by atoms with Crippen molar-refractivity contribution in [3.8, 4) is 0 Å². The fraction of sp³-hybridized carbons (Fsp3) is 0.818. The second-order valence-corrected chi connectivity index (χ2v) is 4.04. The summed E-state index contributed by atoms with van der Waals surface area (Å²) in [7, 11) is 0. The Labute approximate surface area is 80.6 Å². The lowest BCUT2D eigenvalue weighted by atomic mass is 10.2. The maximum Gasteiger partial charge on any atom is 0.0730 e. The van der Waals surface area contributed by atoms with E-state index in [0.29, 0.717) is 12.1 Å². The van der Waals surface area contributed by atoms with Crippen LogP contribution < -0.4 is 0 Å². The number of hydrogen-bond donors (Lipinski definition) is 0. The highest BCUT2D eigenvalue weighted by molar-refractivity contribution is 4.90. The summed E-state index contributed by atoms with van der Waals surface area (Å²) >= 11 is 0. The standard InChI is InChI=1S/C11H19NO/c1-2-7-12-8-4-9-13-11-6-3-5-10(11)12/h2,10-11H,1,3-9H2/t10-,11-/m1/s1. The molecule has 2 fully saturated rings. The molecule has 0 aromatic carbocycles. The summed E-state index contributed by atoms with van der Waals surface area (Å²) in [6, 6.07) is 0.681. The maximum atomic E-state index is 5.83. The Morgan fingerprint density at radius 1 is 1.38 bits per heavy atom. The van der Waals surface area contributed by atoms with Crippen LogP contribution in [-0.4, -0.2) is 36.7 Å². The summed E-state index contributed by atoms with van der Waals surface area (Å²) in [6.45, 7) is 6.99. The van der Waals surface area contributed by atoms with Gasteiger partial charge in [0.1, 0.15) is 0 Å². The molecule has 1 aliphatic carbocycles. The highest BCUT2D eigenvalue weighted by Crippen LogP contribution is 2.28. The second-order valence-electron chi connectivity index (χ2n) is 4.04. The van der Waals surface area contributed by atoms with Gasteiger partial charge in [-0.15, -0.1) is 6.58 Å². The molecule has 1 aliphatic heterocycles. The minimum Gasteiger partial charge on any atom is -0.377 e. The lowest BCUT2D eigenvalue weighted by Gasteiger charge is -2.28. The van der Waals surface area contributed by atoms with E-state index in [1.165, 1.54) is 32.2 Å². The van der Waals surface area contributed by atoms with Gasteiger partial charge in [-0.05, 0) is 25.7 Å².